The number of carbonyl (C=O) groups excluding carboxylic acids is 3. The Balaban J connectivity index is 2.02. The Morgan fingerprint density at radius 3 is 1.62 bits per heavy atom. The first kappa shape index (κ1) is 19.1. The Kier molecular flexibility index (Phi) is 6.02. The monoisotopic (exact) mass is 348 g/mol. The maximum absolute atomic E-state index is 12.3. The summed E-state index contributed by atoms with van der Waals surface area (Å²) in [5.74, 6) is -0.758. The highest BCUT2D eigenvalue weighted by Crippen LogP contribution is 2.17. The molecule has 0 aliphatic rings. The average Bonchev–Trinajstić information content (AvgIpc) is 2.62. The van der Waals surface area contributed by atoms with Gasteiger partial charge in [0.15, 0.2) is 11.6 Å². The van der Waals surface area contributed by atoms with Gasteiger partial charge in [0.1, 0.15) is 5.75 Å². The van der Waals surface area contributed by atoms with Crippen molar-refractivity contribution in [2.75, 3.05) is 0 Å². The van der Waals surface area contributed by atoms with Gasteiger partial charge in [-0.15, -0.1) is 0 Å². The molecular weight excluding hydrogens is 328 g/mol. The Morgan fingerprint density at radius 1 is 0.769 bits per heavy atom. The summed E-state index contributed by atoms with van der Waals surface area (Å²) in [7, 11) is 0. The minimum Gasteiger partial charge on any atom is -0.423 e. The minimum atomic E-state index is -0.530. The Hall–Kier alpha value is -3.27. The van der Waals surface area contributed by atoms with Crippen molar-refractivity contribution in [1.82, 2.24) is 0 Å². The molecule has 26 heavy (non-hydrogen) atoms. The molecule has 0 radical (unpaired) electrons. The van der Waals surface area contributed by atoms with Crippen LogP contribution in [-0.2, 0) is 4.79 Å². The van der Waals surface area contributed by atoms with Gasteiger partial charge in [0, 0.05) is 16.7 Å². The van der Waals surface area contributed by atoms with Crippen molar-refractivity contribution in [1.29, 1.82) is 0 Å². The van der Waals surface area contributed by atoms with Crippen LogP contribution in [-0.4, -0.2) is 17.5 Å². The molecule has 4 heteroatoms. The largest absolute Gasteiger partial charge is 0.423 e. The fourth-order valence-electron chi connectivity index (χ4n) is 2.19. The van der Waals surface area contributed by atoms with Crippen LogP contribution in [0.5, 0.6) is 5.75 Å². The van der Waals surface area contributed by atoms with Crippen LogP contribution < -0.4 is 4.74 Å². The van der Waals surface area contributed by atoms with Crippen molar-refractivity contribution < 1.29 is 19.1 Å². The van der Waals surface area contributed by atoms with E-state index in [-0.39, 0.29) is 23.6 Å². The molecule has 0 aliphatic carbocycles. The molecule has 0 amide bonds. The molecule has 132 valence electrons. The van der Waals surface area contributed by atoms with Gasteiger partial charge < -0.3 is 4.74 Å². The zero-order chi connectivity index (χ0) is 19.3. The number of hydrogen-bond acceptors (Lipinski definition) is 4. The quantitative estimate of drug-likeness (QED) is 0.240. The molecule has 0 unspecified atom stereocenters. The van der Waals surface area contributed by atoms with E-state index < -0.39 is 5.97 Å². The Morgan fingerprint density at radius 2 is 1.19 bits per heavy atom. The first-order chi connectivity index (χ1) is 12.3. The second kappa shape index (κ2) is 8.21. The summed E-state index contributed by atoms with van der Waals surface area (Å²) in [4.78, 5) is 36.0. The lowest BCUT2D eigenvalue weighted by atomic mass is 9.99. The van der Waals surface area contributed by atoms with E-state index in [4.69, 9.17) is 4.74 Å². The van der Waals surface area contributed by atoms with Crippen LogP contribution in [0, 0.1) is 0 Å². The molecule has 2 aromatic carbocycles. The molecule has 2 aromatic rings. The van der Waals surface area contributed by atoms with Crippen molar-refractivity contribution in [3.05, 3.63) is 84.0 Å². The van der Waals surface area contributed by atoms with Crippen LogP contribution >= 0.6 is 0 Å². The van der Waals surface area contributed by atoms with Crippen molar-refractivity contribution >= 4 is 23.1 Å². The van der Waals surface area contributed by atoms with Gasteiger partial charge in [-0.2, -0.15) is 0 Å². The first-order valence-corrected chi connectivity index (χ1v) is 8.08. The van der Waals surface area contributed by atoms with Gasteiger partial charge in [-0.05, 0) is 43.7 Å². The summed E-state index contributed by atoms with van der Waals surface area (Å²) in [5.41, 5.74) is 3.01. The highest BCUT2D eigenvalue weighted by atomic mass is 16.5. The topological polar surface area (TPSA) is 60.4 Å². The maximum atomic E-state index is 12.3. The van der Waals surface area contributed by atoms with Gasteiger partial charge in [-0.3, -0.25) is 9.59 Å². The lowest BCUT2D eigenvalue weighted by Crippen LogP contribution is -2.10. The average molecular weight is 348 g/mol. The Labute approximate surface area is 152 Å². The van der Waals surface area contributed by atoms with Crippen molar-refractivity contribution in [3.63, 3.8) is 0 Å². The van der Waals surface area contributed by atoms with E-state index >= 15 is 0 Å². The van der Waals surface area contributed by atoms with Crippen molar-refractivity contribution in [2.24, 2.45) is 0 Å². The number of ether oxygens (including phenoxy) is 1. The second-order valence-corrected chi connectivity index (χ2v) is 6.08. The van der Waals surface area contributed by atoms with E-state index in [0.29, 0.717) is 16.9 Å². The van der Waals surface area contributed by atoms with Gasteiger partial charge in [-0.1, -0.05) is 43.0 Å². The second-order valence-electron chi connectivity index (χ2n) is 6.08. The molecule has 0 atom stereocenters. The zero-order valence-electron chi connectivity index (χ0n) is 14.9. The number of ketones is 2. The summed E-state index contributed by atoms with van der Waals surface area (Å²) in [5, 5.41) is 0. The van der Waals surface area contributed by atoms with Gasteiger partial charge in [0.25, 0.3) is 0 Å². The van der Waals surface area contributed by atoms with E-state index in [1.807, 2.05) is 19.1 Å². The molecule has 0 spiro atoms. The smallest absolute Gasteiger partial charge is 0.338 e. The fourth-order valence-corrected chi connectivity index (χ4v) is 2.19. The van der Waals surface area contributed by atoms with E-state index in [1.165, 1.54) is 24.3 Å². The highest BCUT2D eigenvalue weighted by molar-refractivity contribution is 6.13. The van der Waals surface area contributed by atoms with Crippen LogP contribution in [0.2, 0.25) is 0 Å². The number of rotatable bonds is 7. The lowest BCUT2D eigenvalue weighted by molar-refractivity contribution is -0.130. The summed E-state index contributed by atoms with van der Waals surface area (Å²) >= 11 is 0. The Bertz CT molecular complexity index is 871. The third kappa shape index (κ3) is 4.86. The number of hydrogen-bond donors (Lipinski definition) is 0. The van der Waals surface area contributed by atoms with Crippen LogP contribution in [0.3, 0.4) is 0 Å². The number of benzene rings is 2. The normalized spacial score (nSPS) is 10.1. The molecule has 2 rings (SSSR count). The van der Waals surface area contributed by atoms with E-state index in [2.05, 4.69) is 13.2 Å². The van der Waals surface area contributed by atoms with Gasteiger partial charge in [0.2, 0.25) is 0 Å². The summed E-state index contributed by atoms with van der Waals surface area (Å²) < 4.78 is 5.07. The molecule has 0 bridgehead atoms. The SMILES string of the molecule is C=C(C)C(=O)Oc1ccc(C(=O)CC(=O)c2ccc(C(=C)C)cc2)cc1. The van der Waals surface area contributed by atoms with E-state index in [1.54, 1.807) is 19.1 Å². The molecule has 0 saturated heterocycles. The highest BCUT2D eigenvalue weighted by Gasteiger charge is 2.14. The number of esters is 1. The van der Waals surface area contributed by atoms with Crippen LogP contribution in [0.1, 0.15) is 46.5 Å². The van der Waals surface area contributed by atoms with Crippen molar-refractivity contribution in [2.45, 2.75) is 20.3 Å². The molecule has 0 aliphatic heterocycles. The third-order valence-electron chi connectivity index (χ3n) is 3.76. The first-order valence-electron chi connectivity index (χ1n) is 8.08. The zero-order valence-corrected chi connectivity index (χ0v) is 14.9. The van der Waals surface area contributed by atoms with Crippen LogP contribution in [0.25, 0.3) is 5.57 Å². The van der Waals surface area contributed by atoms with E-state index in [0.717, 1.165) is 11.1 Å². The maximum Gasteiger partial charge on any atom is 0.338 e. The number of Topliss-reactive ketones (excluding diaryl/α,β-unsaturated/α-hetero) is 2. The minimum absolute atomic E-state index is 0.225. The molecule has 0 fully saturated rings. The molecule has 0 aromatic heterocycles. The predicted molar refractivity (Wildman–Crippen MR) is 101 cm³/mol. The van der Waals surface area contributed by atoms with Crippen LogP contribution in [0.4, 0.5) is 0 Å². The molecule has 4 nitrogen and oxygen atoms in total. The molecule has 0 heterocycles. The summed E-state index contributed by atoms with van der Waals surface area (Å²) in [6.45, 7) is 10.8. The number of allylic oxidation sites excluding steroid dienone is 1. The van der Waals surface area contributed by atoms with Gasteiger partial charge in [0.05, 0.1) is 6.42 Å². The third-order valence-corrected chi connectivity index (χ3v) is 3.76. The van der Waals surface area contributed by atoms with E-state index in [9.17, 15) is 14.4 Å². The molecule has 0 saturated carbocycles. The lowest BCUT2D eigenvalue weighted by Gasteiger charge is -2.06. The number of carbonyl (C=O) groups is 3. The molecular formula is C22H20O4. The van der Waals surface area contributed by atoms with Gasteiger partial charge in [-0.25, -0.2) is 4.79 Å². The van der Waals surface area contributed by atoms with Gasteiger partial charge >= 0.3 is 5.97 Å². The predicted octanol–water partition coefficient (Wildman–Crippen LogP) is 4.66. The van der Waals surface area contributed by atoms with Crippen LogP contribution in [0.15, 0.2) is 67.3 Å². The van der Waals surface area contributed by atoms with Crippen molar-refractivity contribution in [3.8, 4) is 5.75 Å². The molecule has 0 N–H and O–H groups in total. The summed E-state index contributed by atoms with van der Waals surface area (Å²) in [6.07, 6.45) is -0.225. The standard InChI is InChI=1S/C22H20O4/c1-14(2)16-5-7-17(8-6-16)20(23)13-21(24)18-9-11-19(12-10-18)26-22(25)15(3)4/h5-12H,1,3,13H2,2,4H3. The fraction of sp³-hybridized carbons (Fsp3) is 0.136. The summed E-state index contributed by atoms with van der Waals surface area (Å²) in [6, 6.07) is 13.1.